The summed E-state index contributed by atoms with van der Waals surface area (Å²) in [6.45, 7) is 0.217. The normalized spacial score (nSPS) is 10.7. The molecular formula is C20H15N3O2. The summed E-state index contributed by atoms with van der Waals surface area (Å²) in [5.74, 6) is -0.352. The number of benzene rings is 2. The molecule has 0 atom stereocenters. The van der Waals surface area contributed by atoms with Crippen molar-refractivity contribution in [1.29, 1.82) is 0 Å². The highest BCUT2D eigenvalue weighted by Crippen LogP contribution is 2.18. The van der Waals surface area contributed by atoms with E-state index < -0.39 is 0 Å². The van der Waals surface area contributed by atoms with Crippen LogP contribution in [0.4, 0.5) is 0 Å². The Balaban J connectivity index is 1.48. The topological polar surface area (TPSA) is 57.0 Å². The summed E-state index contributed by atoms with van der Waals surface area (Å²) in [5.41, 5.74) is 3.18. The highest BCUT2D eigenvalue weighted by atomic mass is 16.5. The molecule has 5 nitrogen and oxygen atoms in total. The molecule has 0 spiro atoms. The summed E-state index contributed by atoms with van der Waals surface area (Å²) in [5, 5.41) is 4.98. The van der Waals surface area contributed by atoms with Crippen LogP contribution in [-0.2, 0) is 11.3 Å². The van der Waals surface area contributed by atoms with Gasteiger partial charge in [-0.25, -0.2) is 9.48 Å². The molecule has 0 fully saturated rings. The van der Waals surface area contributed by atoms with Crippen LogP contribution in [-0.4, -0.2) is 20.7 Å². The number of ether oxygens (including phenoxy) is 1. The first-order valence-electron chi connectivity index (χ1n) is 7.91. The van der Waals surface area contributed by atoms with E-state index in [1.165, 1.54) is 0 Å². The quantitative estimate of drug-likeness (QED) is 0.535. The third-order valence-electron chi connectivity index (χ3n) is 3.94. The molecule has 4 aromatic rings. The Morgan fingerprint density at radius 3 is 2.64 bits per heavy atom. The zero-order valence-electron chi connectivity index (χ0n) is 13.4. The van der Waals surface area contributed by atoms with Gasteiger partial charge < -0.3 is 4.74 Å². The lowest BCUT2D eigenvalue weighted by Gasteiger charge is -2.08. The molecule has 0 radical (unpaired) electrons. The van der Waals surface area contributed by atoms with Gasteiger partial charge in [0.2, 0.25) is 0 Å². The van der Waals surface area contributed by atoms with Gasteiger partial charge in [-0.15, -0.1) is 0 Å². The van der Waals surface area contributed by atoms with Crippen molar-refractivity contribution in [2.45, 2.75) is 6.61 Å². The molecule has 5 heteroatoms. The van der Waals surface area contributed by atoms with Crippen LogP contribution in [0.1, 0.15) is 15.9 Å². The number of carbonyl (C=O) groups is 1. The zero-order chi connectivity index (χ0) is 17.1. The molecule has 2 heterocycles. The third kappa shape index (κ3) is 3.12. The number of rotatable bonds is 4. The fourth-order valence-corrected chi connectivity index (χ4v) is 2.67. The van der Waals surface area contributed by atoms with Gasteiger partial charge in [-0.3, -0.25) is 4.98 Å². The lowest BCUT2D eigenvalue weighted by molar-refractivity contribution is 0.0475. The molecule has 0 N–H and O–H groups in total. The molecule has 0 bridgehead atoms. The molecule has 0 unspecified atom stereocenters. The van der Waals surface area contributed by atoms with Gasteiger partial charge in [0, 0.05) is 24.0 Å². The number of nitrogens with zero attached hydrogens (tertiary/aromatic N) is 3. The Hall–Kier alpha value is -3.47. The maximum atomic E-state index is 12.4. The minimum absolute atomic E-state index is 0.217. The van der Waals surface area contributed by atoms with Crippen molar-refractivity contribution >= 4 is 16.9 Å². The van der Waals surface area contributed by atoms with Gasteiger partial charge in [-0.05, 0) is 42.0 Å². The second-order valence-corrected chi connectivity index (χ2v) is 5.57. The Morgan fingerprint density at radius 1 is 0.960 bits per heavy atom. The molecule has 0 saturated heterocycles. The van der Waals surface area contributed by atoms with E-state index in [1.54, 1.807) is 23.1 Å². The Bertz CT molecular complexity index is 1000. The average molecular weight is 329 g/mol. The second kappa shape index (κ2) is 6.57. The number of esters is 1. The van der Waals surface area contributed by atoms with Crippen LogP contribution in [0.2, 0.25) is 0 Å². The molecule has 0 aliphatic rings. The van der Waals surface area contributed by atoms with Crippen LogP contribution in [0.3, 0.4) is 0 Å². The number of fused-ring (bicyclic) bond motifs is 1. The molecule has 0 saturated carbocycles. The minimum Gasteiger partial charge on any atom is -0.457 e. The Kier molecular flexibility index (Phi) is 3.96. The van der Waals surface area contributed by atoms with E-state index in [2.05, 4.69) is 10.1 Å². The molecule has 2 aromatic heterocycles. The summed E-state index contributed by atoms with van der Waals surface area (Å²) >= 11 is 0. The lowest BCUT2D eigenvalue weighted by atomic mass is 10.1. The Labute approximate surface area is 144 Å². The zero-order valence-corrected chi connectivity index (χ0v) is 13.4. The van der Waals surface area contributed by atoms with Crippen molar-refractivity contribution in [3.05, 3.63) is 90.4 Å². The molecule has 4 rings (SSSR count). The summed E-state index contributed by atoms with van der Waals surface area (Å²) < 4.78 is 7.24. The van der Waals surface area contributed by atoms with Gasteiger partial charge in [-0.1, -0.05) is 24.3 Å². The first kappa shape index (κ1) is 15.1. The van der Waals surface area contributed by atoms with E-state index in [0.717, 1.165) is 22.2 Å². The van der Waals surface area contributed by atoms with Crippen LogP contribution < -0.4 is 0 Å². The van der Waals surface area contributed by atoms with Crippen molar-refractivity contribution in [2.24, 2.45) is 0 Å². The van der Waals surface area contributed by atoms with Gasteiger partial charge in [0.15, 0.2) is 0 Å². The van der Waals surface area contributed by atoms with E-state index in [-0.39, 0.29) is 12.6 Å². The summed E-state index contributed by atoms with van der Waals surface area (Å²) in [6, 6.07) is 18.7. The maximum Gasteiger partial charge on any atom is 0.339 e. The molecule has 122 valence electrons. The minimum atomic E-state index is -0.352. The highest BCUT2D eigenvalue weighted by molar-refractivity contribution is 6.03. The second-order valence-electron chi connectivity index (χ2n) is 5.57. The predicted octanol–water partition coefficient (Wildman–Crippen LogP) is 3.78. The average Bonchev–Trinajstić information content (AvgIpc) is 3.21. The van der Waals surface area contributed by atoms with Crippen molar-refractivity contribution in [3.63, 3.8) is 0 Å². The molecular weight excluding hydrogens is 314 g/mol. The van der Waals surface area contributed by atoms with Crippen LogP contribution >= 0.6 is 0 Å². The first-order chi connectivity index (χ1) is 12.3. The Morgan fingerprint density at radius 2 is 1.84 bits per heavy atom. The highest BCUT2D eigenvalue weighted by Gasteiger charge is 2.11. The van der Waals surface area contributed by atoms with Crippen LogP contribution in [0.15, 0.2) is 79.3 Å². The largest absolute Gasteiger partial charge is 0.457 e. The van der Waals surface area contributed by atoms with E-state index >= 15 is 0 Å². The SMILES string of the molecule is O=C(OCc1ccc(-n2cccn2)cc1)c1cccc2ncccc12. The number of pyridine rings is 1. The number of hydrogen-bond acceptors (Lipinski definition) is 4. The number of aromatic nitrogens is 3. The van der Waals surface area contributed by atoms with E-state index in [4.69, 9.17) is 4.74 Å². The number of carbonyl (C=O) groups excluding carboxylic acids is 1. The first-order valence-corrected chi connectivity index (χ1v) is 7.91. The number of hydrogen-bond donors (Lipinski definition) is 0. The van der Waals surface area contributed by atoms with E-state index in [1.807, 2.05) is 60.8 Å². The summed E-state index contributed by atoms with van der Waals surface area (Å²) in [6.07, 6.45) is 5.32. The van der Waals surface area contributed by atoms with E-state index in [9.17, 15) is 4.79 Å². The van der Waals surface area contributed by atoms with Crippen molar-refractivity contribution < 1.29 is 9.53 Å². The fraction of sp³-hybridized carbons (Fsp3) is 0.0500. The lowest BCUT2D eigenvalue weighted by Crippen LogP contribution is -2.06. The maximum absolute atomic E-state index is 12.4. The smallest absolute Gasteiger partial charge is 0.339 e. The molecule has 0 amide bonds. The predicted molar refractivity (Wildman–Crippen MR) is 94.4 cm³/mol. The molecule has 0 aliphatic heterocycles. The van der Waals surface area contributed by atoms with Crippen LogP contribution in [0, 0.1) is 0 Å². The van der Waals surface area contributed by atoms with Crippen molar-refractivity contribution in [2.75, 3.05) is 0 Å². The standard InChI is InChI=1S/C20H15N3O2/c24-20(18-4-1-6-19-17(18)5-2-11-21-19)25-14-15-7-9-16(10-8-15)23-13-3-12-22-23/h1-13H,14H2. The van der Waals surface area contributed by atoms with Gasteiger partial charge >= 0.3 is 5.97 Å². The third-order valence-corrected chi connectivity index (χ3v) is 3.94. The summed E-state index contributed by atoms with van der Waals surface area (Å²) in [7, 11) is 0. The van der Waals surface area contributed by atoms with E-state index in [0.29, 0.717) is 5.56 Å². The summed E-state index contributed by atoms with van der Waals surface area (Å²) in [4.78, 5) is 16.7. The molecule has 0 aliphatic carbocycles. The van der Waals surface area contributed by atoms with Gasteiger partial charge in [-0.2, -0.15) is 5.10 Å². The van der Waals surface area contributed by atoms with Crippen molar-refractivity contribution in [3.8, 4) is 5.69 Å². The van der Waals surface area contributed by atoms with Gasteiger partial charge in [0.25, 0.3) is 0 Å². The van der Waals surface area contributed by atoms with Crippen LogP contribution in [0.25, 0.3) is 16.6 Å². The van der Waals surface area contributed by atoms with Gasteiger partial charge in [0.05, 0.1) is 16.8 Å². The van der Waals surface area contributed by atoms with Gasteiger partial charge in [0.1, 0.15) is 6.61 Å². The molecule has 25 heavy (non-hydrogen) atoms. The monoisotopic (exact) mass is 329 g/mol. The molecule has 2 aromatic carbocycles. The fourth-order valence-electron chi connectivity index (χ4n) is 2.67. The van der Waals surface area contributed by atoms with Crippen LogP contribution in [0.5, 0.6) is 0 Å². The van der Waals surface area contributed by atoms with Crippen molar-refractivity contribution in [1.82, 2.24) is 14.8 Å².